The summed E-state index contributed by atoms with van der Waals surface area (Å²) in [6, 6.07) is 15.3. The molecule has 0 spiro atoms. The molecule has 0 saturated heterocycles. The van der Waals surface area contributed by atoms with Crippen LogP contribution in [0.3, 0.4) is 0 Å². The third kappa shape index (κ3) is 5.85. The van der Waals surface area contributed by atoms with Gasteiger partial charge in [-0.1, -0.05) is 48.0 Å². The highest BCUT2D eigenvalue weighted by Gasteiger charge is 2.41. The molecule has 3 aromatic rings. The number of nitrogens with zero attached hydrogens (tertiary/aromatic N) is 1. The average Bonchev–Trinajstić information content (AvgIpc) is 2.73. The second kappa shape index (κ2) is 9.83. The molecule has 0 aliphatic carbocycles. The number of carbonyl (C=O) groups is 1. The molecule has 0 unspecified atom stereocenters. The van der Waals surface area contributed by atoms with E-state index in [0.717, 1.165) is 17.7 Å². The summed E-state index contributed by atoms with van der Waals surface area (Å²) in [5.74, 6) is 0. The van der Waals surface area contributed by atoms with Crippen molar-refractivity contribution in [3.05, 3.63) is 99.8 Å². The molecule has 1 aromatic heterocycles. The van der Waals surface area contributed by atoms with E-state index in [2.05, 4.69) is 15.6 Å². The van der Waals surface area contributed by atoms with Crippen LogP contribution in [0.2, 0.25) is 5.02 Å². The zero-order chi connectivity index (χ0) is 24.2. The van der Waals surface area contributed by atoms with Crippen LogP contribution in [0, 0.1) is 6.92 Å². The number of benzene rings is 2. The van der Waals surface area contributed by atoms with Crippen LogP contribution in [0.4, 0.5) is 18.0 Å². The third-order valence-corrected chi connectivity index (χ3v) is 5.47. The minimum atomic E-state index is -4.55. The van der Waals surface area contributed by atoms with Gasteiger partial charge in [0.1, 0.15) is 5.54 Å². The van der Waals surface area contributed by atoms with Crippen molar-refractivity contribution in [1.29, 1.82) is 0 Å². The number of carbonyl (C=O) groups excluding carboxylic acids is 1. The second-order valence-electron chi connectivity index (χ2n) is 8.21. The summed E-state index contributed by atoms with van der Waals surface area (Å²) >= 11 is 6.05. The lowest BCUT2D eigenvalue weighted by Crippen LogP contribution is -2.54. The molecule has 8 heteroatoms. The van der Waals surface area contributed by atoms with E-state index in [1.807, 2.05) is 30.3 Å². The Morgan fingerprint density at radius 3 is 2.33 bits per heavy atom. The Kier molecular flexibility index (Phi) is 7.32. The fraction of sp³-hybridized carbons (Fsp3) is 0.280. The molecule has 0 radical (unpaired) electrons. The van der Waals surface area contributed by atoms with Crippen LogP contribution in [0.25, 0.3) is 0 Å². The van der Waals surface area contributed by atoms with Crippen LogP contribution in [0.1, 0.15) is 41.8 Å². The largest absolute Gasteiger partial charge is 0.416 e. The number of halogens is 4. The van der Waals surface area contributed by atoms with Gasteiger partial charge in [-0.15, -0.1) is 0 Å². The maximum Gasteiger partial charge on any atom is 0.416 e. The van der Waals surface area contributed by atoms with Crippen LogP contribution >= 0.6 is 11.6 Å². The number of rotatable bonds is 6. The minimum absolute atomic E-state index is 0.177. The molecule has 3 rings (SSSR count). The molecule has 0 aliphatic heterocycles. The van der Waals surface area contributed by atoms with E-state index < -0.39 is 23.3 Å². The Morgan fingerprint density at radius 2 is 1.76 bits per heavy atom. The average molecular weight is 476 g/mol. The first-order valence-corrected chi connectivity index (χ1v) is 10.8. The van der Waals surface area contributed by atoms with Crippen LogP contribution in [0.5, 0.6) is 0 Å². The van der Waals surface area contributed by atoms with E-state index in [-0.39, 0.29) is 12.5 Å². The van der Waals surface area contributed by atoms with Gasteiger partial charge in [0.15, 0.2) is 0 Å². The summed E-state index contributed by atoms with van der Waals surface area (Å²) in [4.78, 5) is 17.4. The molecule has 0 saturated carbocycles. The number of pyridine rings is 1. The molecule has 1 atom stereocenters. The molecule has 1 heterocycles. The summed E-state index contributed by atoms with van der Waals surface area (Å²) in [6.07, 6.45) is -2.95. The van der Waals surface area contributed by atoms with Crippen molar-refractivity contribution in [1.82, 2.24) is 15.6 Å². The van der Waals surface area contributed by atoms with Gasteiger partial charge < -0.3 is 10.6 Å². The number of hydrogen-bond donors (Lipinski definition) is 2. The van der Waals surface area contributed by atoms with Crippen molar-refractivity contribution >= 4 is 17.6 Å². The Labute approximate surface area is 196 Å². The van der Waals surface area contributed by atoms with Gasteiger partial charge in [-0.3, -0.25) is 4.98 Å². The SMILES string of the molecule is Cc1ccc(C(F)(F)F)cc1[C@@](Cc1ccccc1)(NC(=O)NC(C)C)c1ccc(Cl)cn1. The van der Waals surface area contributed by atoms with Crippen LogP contribution in [-0.4, -0.2) is 17.1 Å². The predicted octanol–water partition coefficient (Wildman–Crippen LogP) is 6.26. The van der Waals surface area contributed by atoms with Crippen LogP contribution < -0.4 is 10.6 Å². The monoisotopic (exact) mass is 475 g/mol. The molecule has 2 amide bonds. The van der Waals surface area contributed by atoms with E-state index in [1.165, 1.54) is 12.3 Å². The maximum atomic E-state index is 13.7. The molecule has 0 bridgehead atoms. The smallest absolute Gasteiger partial charge is 0.336 e. The number of alkyl halides is 3. The molecule has 4 nitrogen and oxygen atoms in total. The minimum Gasteiger partial charge on any atom is -0.336 e. The molecule has 33 heavy (non-hydrogen) atoms. The van der Waals surface area contributed by atoms with Crippen LogP contribution in [0.15, 0.2) is 66.9 Å². The molecule has 2 N–H and O–H groups in total. The fourth-order valence-corrected chi connectivity index (χ4v) is 3.89. The van der Waals surface area contributed by atoms with Gasteiger partial charge in [-0.05, 0) is 61.7 Å². The van der Waals surface area contributed by atoms with Gasteiger partial charge in [-0.2, -0.15) is 13.2 Å². The molecule has 174 valence electrons. The lowest BCUT2D eigenvalue weighted by Gasteiger charge is -2.37. The number of aromatic nitrogens is 1. The van der Waals surface area contributed by atoms with Gasteiger partial charge in [0.2, 0.25) is 0 Å². The van der Waals surface area contributed by atoms with Crippen molar-refractivity contribution in [2.24, 2.45) is 0 Å². The third-order valence-electron chi connectivity index (χ3n) is 5.25. The van der Waals surface area contributed by atoms with E-state index in [0.29, 0.717) is 21.8 Å². The van der Waals surface area contributed by atoms with Crippen molar-refractivity contribution in [2.45, 2.75) is 44.9 Å². The zero-order valence-corrected chi connectivity index (χ0v) is 19.3. The Balaban J connectivity index is 2.30. The lowest BCUT2D eigenvalue weighted by atomic mass is 9.78. The first-order valence-electron chi connectivity index (χ1n) is 10.4. The highest BCUT2D eigenvalue weighted by atomic mass is 35.5. The molecular weight excluding hydrogens is 451 g/mol. The van der Waals surface area contributed by atoms with E-state index >= 15 is 0 Å². The van der Waals surface area contributed by atoms with Crippen molar-refractivity contribution in [2.75, 3.05) is 0 Å². The van der Waals surface area contributed by atoms with Gasteiger partial charge >= 0.3 is 12.2 Å². The van der Waals surface area contributed by atoms with Crippen molar-refractivity contribution in [3.63, 3.8) is 0 Å². The van der Waals surface area contributed by atoms with Gasteiger partial charge in [0, 0.05) is 18.7 Å². The summed E-state index contributed by atoms with van der Waals surface area (Å²) in [5.41, 5.74) is -0.125. The standard InChI is InChI=1S/C25H25ClF3N3O/c1-16(2)31-23(33)32-24(14-18-7-5-4-6-8-18,22-12-11-20(26)15-30-22)21-13-19(25(27,28)29)10-9-17(21)3/h4-13,15-16H,14H2,1-3H3,(H2,31,32,33)/t24-/m1/s1. The molecular formula is C25H25ClF3N3O. The Bertz CT molecular complexity index is 1100. The summed E-state index contributed by atoms with van der Waals surface area (Å²) in [6.45, 7) is 5.32. The summed E-state index contributed by atoms with van der Waals surface area (Å²) in [7, 11) is 0. The number of aryl methyl sites for hydroxylation is 1. The van der Waals surface area contributed by atoms with Gasteiger partial charge in [-0.25, -0.2) is 4.79 Å². The highest BCUT2D eigenvalue weighted by molar-refractivity contribution is 6.30. The number of nitrogens with one attached hydrogen (secondary N) is 2. The van der Waals surface area contributed by atoms with Crippen LogP contribution in [-0.2, 0) is 18.1 Å². The first kappa shape index (κ1) is 24.6. The zero-order valence-electron chi connectivity index (χ0n) is 18.5. The van der Waals surface area contributed by atoms with Crippen molar-refractivity contribution < 1.29 is 18.0 Å². The quantitative estimate of drug-likeness (QED) is 0.442. The Hall–Kier alpha value is -3.06. The summed E-state index contributed by atoms with van der Waals surface area (Å²) < 4.78 is 41.0. The number of hydrogen-bond acceptors (Lipinski definition) is 2. The maximum absolute atomic E-state index is 13.7. The second-order valence-corrected chi connectivity index (χ2v) is 8.65. The molecule has 0 aliphatic rings. The first-order chi connectivity index (χ1) is 15.5. The van der Waals surface area contributed by atoms with E-state index in [9.17, 15) is 18.0 Å². The number of amides is 2. The normalized spacial score (nSPS) is 13.5. The fourth-order valence-electron chi connectivity index (χ4n) is 3.78. The van der Waals surface area contributed by atoms with Crippen molar-refractivity contribution in [3.8, 4) is 0 Å². The van der Waals surface area contributed by atoms with E-state index in [4.69, 9.17) is 11.6 Å². The summed E-state index contributed by atoms with van der Waals surface area (Å²) in [5, 5.41) is 6.11. The highest BCUT2D eigenvalue weighted by Crippen LogP contribution is 2.38. The van der Waals surface area contributed by atoms with Gasteiger partial charge in [0.05, 0.1) is 16.3 Å². The molecule has 2 aromatic carbocycles. The van der Waals surface area contributed by atoms with E-state index in [1.54, 1.807) is 32.9 Å². The van der Waals surface area contributed by atoms with Gasteiger partial charge in [0.25, 0.3) is 0 Å². The lowest BCUT2D eigenvalue weighted by molar-refractivity contribution is -0.137. The topological polar surface area (TPSA) is 54.0 Å². The Morgan fingerprint density at radius 1 is 1.06 bits per heavy atom. The predicted molar refractivity (Wildman–Crippen MR) is 123 cm³/mol. The molecule has 0 fully saturated rings. The number of urea groups is 1.